The predicted molar refractivity (Wildman–Crippen MR) is 83.0 cm³/mol. The van der Waals surface area contributed by atoms with Gasteiger partial charge < -0.3 is 11.1 Å². The van der Waals surface area contributed by atoms with E-state index in [2.05, 4.69) is 15.5 Å². The van der Waals surface area contributed by atoms with Crippen LogP contribution >= 0.6 is 11.8 Å². The van der Waals surface area contributed by atoms with Crippen LogP contribution in [0.15, 0.2) is 23.1 Å². The quantitative estimate of drug-likeness (QED) is 0.597. The summed E-state index contributed by atoms with van der Waals surface area (Å²) < 4.78 is 0. The van der Waals surface area contributed by atoms with E-state index in [4.69, 9.17) is 5.73 Å². The molecule has 0 aliphatic carbocycles. The summed E-state index contributed by atoms with van der Waals surface area (Å²) in [6.45, 7) is 5.69. The number of hydrogen-bond acceptors (Lipinski definition) is 4. The lowest BCUT2D eigenvalue weighted by molar-refractivity contribution is -0.113. The van der Waals surface area contributed by atoms with Crippen LogP contribution in [0.1, 0.15) is 17.0 Å². The van der Waals surface area contributed by atoms with Gasteiger partial charge in [-0.25, -0.2) is 0 Å². The highest BCUT2D eigenvalue weighted by atomic mass is 32.2. The summed E-state index contributed by atoms with van der Waals surface area (Å²) in [6, 6.07) is 5.77. The standard InChI is InChI=1S/C14H18N4OS/c1-8-6-11(4-5-12(8)15)20-7-13(19)16-14-9(2)17-18-10(14)3/h4-6H,7,15H2,1-3H3,(H,16,19)(H,17,18). The van der Waals surface area contributed by atoms with E-state index in [9.17, 15) is 4.79 Å². The van der Waals surface area contributed by atoms with E-state index >= 15 is 0 Å². The van der Waals surface area contributed by atoms with Crippen molar-refractivity contribution in [3.05, 3.63) is 35.2 Å². The molecule has 0 aliphatic rings. The van der Waals surface area contributed by atoms with Crippen molar-refractivity contribution in [3.63, 3.8) is 0 Å². The van der Waals surface area contributed by atoms with Crippen LogP contribution < -0.4 is 11.1 Å². The number of anilines is 2. The lowest BCUT2D eigenvalue weighted by Crippen LogP contribution is -2.15. The van der Waals surface area contributed by atoms with Gasteiger partial charge in [-0.2, -0.15) is 5.10 Å². The number of nitrogens with zero attached hydrogens (tertiary/aromatic N) is 1. The normalized spacial score (nSPS) is 10.6. The van der Waals surface area contributed by atoms with Crippen LogP contribution in [-0.4, -0.2) is 21.9 Å². The molecule has 5 nitrogen and oxygen atoms in total. The van der Waals surface area contributed by atoms with Crippen LogP contribution in [0, 0.1) is 20.8 Å². The Labute approximate surface area is 122 Å². The molecule has 1 aromatic heterocycles. The topological polar surface area (TPSA) is 83.8 Å². The Hall–Kier alpha value is -1.95. The first-order chi connectivity index (χ1) is 9.47. The van der Waals surface area contributed by atoms with E-state index < -0.39 is 0 Å². The molecule has 4 N–H and O–H groups in total. The van der Waals surface area contributed by atoms with Crippen LogP contribution in [0.5, 0.6) is 0 Å². The first-order valence-corrected chi connectivity index (χ1v) is 7.26. The molecule has 0 unspecified atom stereocenters. The Bertz CT molecular complexity index is 617. The number of nitrogen functional groups attached to an aromatic ring is 1. The second-order valence-corrected chi connectivity index (χ2v) is 5.71. The molecule has 2 aromatic rings. The number of amides is 1. The molecule has 0 saturated heterocycles. The Balaban J connectivity index is 1.94. The summed E-state index contributed by atoms with van der Waals surface area (Å²) in [5, 5.41) is 9.77. The van der Waals surface area contributed by atoms with E-state index in [-0.39, 0.29) is 5.91 Å². The zero-order valence-corrected chi connectivity index (χ0v) is 12.6. The van der Waals surface area contributed by atoms with Gasteiger partial charge in [0.1, 0.15) is 0 Å². The molecule has 20 heavy (non-hydrogen) atoms. The van der Waals surface area contributed by atoms with Crippen molar-refractivity contribution in [3.8, 4) is 0 Å². The maximum Gasteiger partial charge on any atom is 0.234 e. The minimum Gasteiger partial charge on any atom is -0.399 e. The molecule has 0 spiro atoms. The monoisotopic (exact) mass is 290 g/mol. The molecule has 0 saturated carbocycles. The lowest BCUT2D eigenvalue weighted by atomic mass is 10.2. The second kappa shape index (κ2) is 6.00. The van der Waals surface area contributed by atoms with Crippen LogP contribution in [0.4, 0.5) is 11.4 Å². The first kappa shape index (κ1) is 14.5. The Kier molecular flexibility index (Phi) is 4.34. The molecular formula is C14H18N4OS. The maximum absolute atomic E-state index is 11.9. The molecule has 1 amide bonds. The van der Waals surface area contributed by atoms with Crippen molar-refractivity contribution < 1.29 is 4.79 Å². The fourth-order valence-corrected chi connectivity index (χ4v) is 2.59. The highest BCUT2D eigenvalue weighted by molar-refractivity contribution is 8.00. The second-order valence-electron chi connectivity index (χ2n) is 4.66. The van der Waals surface area contributed by atoms with Gasteiger partial charge in [0, 0.05) is 10.6 Å². The number of H-pyrrole nitrogens is 1. The van der Waals surface area contributed by atoms with Crippen molar-refractivity contribution in [2.45, 2.75) is 25.7 Å². The van der Waals surface area contributed by atoms with Gasteiger partial charge >= 0.3 is 0 Å². The fraction of sp³-hybridized carbons (Fsp3) is 0.286. The number of thioether (sulfide) groups is 1. The van der Waals surface area contributed by atoms with Crippen molar-refractivity contribution in [2.24, 2.45) is 0 Å². The van der Waals surface area contributed by atoms with Gasteiger partial charge in [-0.3, -0.25) is 9.89 Å². The van der Waals surface area contributed by atoms with Crippen molar-refractivity contribution in [1.29, 1.82) is 0 Å². The molecule has 106 valence electrons. The van der Waals surface area contributed by atoms with Crippen LogP contribution in [0.2, 0.25) is 0 Å². The molecule has 6 heteroatoms. The molecule has 0 radical (unpaired) electrons. The van der Waals surface area contributed by atoms with Crippen LogP contribution in [-0.2, 0) is 4.79 Å². The number of aromatic nitrogens is 2. The molecular weight excluding hydrogens is 272 g/mol. The average Bonchev–Trinajstić information content (AvgIpc) is 2.72. The summed E-state index contributed by atoms with van der Waals surface area (Å²) >= 11 is 1.49. The largest absolute Gasteiger partial charge is 0.399 e. The van der Waals surface area contributed by atoms with Crippen molar-refractivity contribution in [2.75, 3.05) is 16.8 Å². The van der Waals surface area contributed by atoms with Gasteiger partial charge in [-0.05, 0) is 44.5 Å². The first-order valence-electron chi connectivity index (χ1n) is 6.27. The van der Waals surface area contributed by atoms with Gasteiger partial charge in [-0.15, -0.1) is 11.8 Å². The number of benzene rings is 1. The summed E-state index contributed by atoms with van der Waals surface area (Å²) in [6.07, 6.45) is 0. The predicted octanol–water partition coefficient (Wildman–Crippen LogP) is 2.65. The number of hydrogen-bond donors (Lipinski definition) is 3. The number of aromatic amines is 1. The van der Waals surface area contributed by atoms with Gasteiger partial charge in [0.15, 0.2) is 0 Å². The summed E-state index contributed by atoms with van der Waals surface area (Å²) in [4.78, 5) is 13.0. The van der Waals surface area contributed by atoms with Crippen molar-refractivity contribution >= 4 is 29.0 Å². The van der Waals surface area contributed by atoms with Gasteiger partial charge in [-0.1, -0.05) is 0 Å². The van der Waals surface area contributed by atoms with Crippen LogP contribution in [0.25, 0.3) is 0 Å². The van der Waals surface area contributed by atoms with E-state index in [0.717, 1.165) is 33.2 Å². The molecule has 0 bridgehead atoms. The number of rotatable bonds is 4. The Morgan fingerprint density at radius 2 is 2.15 bits per heavy atom. The molecule has 0 fully saturated rings. The minimum absolute atomic E-state index is 0.0444. The van der Waals surface area contributed by atoms with E-state index in [1.165, 1.54) is 11.8 Å². The maximum atomic E-state index is 11.9. The van der Waals surface area contributed by atoms with E-state index in [0.29, 0.717) is 5.75 Å². The smallest absolute Gasteiger partial charge is 0.234 e. The number of carbonyl (C=O) groups excluding carboxylic acids is 1. The third-order valence-corrected chi connectivity index (χ3v) is 4.00. The Morgan fingerprint density at radius 3 is 2.75 bits per heavy atom. The molecule has 1 heterocycles. The lowest BCUT2D eigenvalue weighted by Gasteiger charge is -2.06. The molecule has 0 atom stereocenters. The zero-order valence-electron chi connectivity index (χ0n) is 11.8. The Morgan fingerprint density at radius 1 is 1.40 bits per heavy atom. The highest BCUT2D eigenvalue weighted by Gasteiger charge is 2.10. The van der Waals surface area contributed by atoms with E-state index in [1.807, 2.05) is 39.0 Å². The summed E-state index contributed by atoms with van der Waals surface area (Å²) in [5.74, 6) is 0.310. The van der Waals surface area contributed by atoms with Gasteiger partial charge in [0.25, 0.3) is 0 Å². The SMILES string of the molecule is Cc1cc(SCC(=O)Nc2c(C)n[nH]c2C)ccc1N. The molecule has 0 aliphatic heterocycles. The van der Waals surface area contributed by atoms with Crippen molar-refractivity contribution in [1.82, 2.24) is 10.2 Å². The van der Waals surface area contributed by atoms with E-state index in [1.54, 1.807) is 0 Å². The summed E-state index contributed by atoms with van der Waals surface area (Å²) in [5.41, 5.74) is 9.99. The number of aryl methyl sites for hydroxylation is 3. The molecule has 2 rings (SSSR count). The third kappa shape index (κ3) is 3.33. The molecule has 1 aromatic carbocycles. The fourth-order valence-electron chi connectivity index (χ4n) is 1.80. The average molecular weight is 290 g/mol. The van der Waals surface area contributed by atoms with Gasteiger partial charge in [0.05, 0.1) is 22.8 Å². The zero-order chi connectivity index (χ0) is 14.7. The summed E-state index contributed by atoms with van der Waals surface area (Å²) in [7, 11) is 0. The number of nitrogens with one attached hydrogen (secondary N) is 2. The van der Waals surface area contributed by atoms with Gasteiger partial charge in [0.2, 0.25) is 5.91 Å². The highest BCUT2D eigenvalue weighted by Crippen LogP contribution is 2.23. The number of carbonyl (C=O) groups is 1. The third-order valence-electron chi connectivity index (χ3n) is 3.00. The van der Waals surface area contributed by atoms with Crippen LogP contribution in [0.3, 0.4) is 0 Å². The minimum atomic E-state index is -0.0444. The number of nitrogens with two attached hydrogens (primary N) is 1.